The number of rotatable bonds is 5. The van der Waals surface area contributed by atoms with Gasteiger partial charge in [-0.05, 0) is 70.8 Å². The van der Waals surface area contributed by atoms with Crippen LogP contribution in [0.2, 0.25) is 0 Å². The molecule has 0 unspecified atom stereocenters. The Kier molecular flexibility index (Phi) is 5.63. The van der Waals surface area contributed by atoms with Gasteiger partial charge in [0.15, 0.2) is 0 Å². The summed E-state index contributed by atoms with van der Waals surface area (Å²) in [5, 5.41) is 14.7. The Morgan fingerprint density at radius 2 is 1.60 bits per heavy atom. The Balaban J connectivity index is 1.83. The van der Waals surface area contributed by atoms with Crippen LogP contribution in [-0.4, -0.2) is 30.3 Å². The summed E-state index contributed by atoms with van der Waals surface area (Å²) in [6.45, 7) is 3.94. The van der Waals surface area contributed by atoms with E-state index in [1.165, 1.54) is 22.7 Å². The maximum atomic E-state index is 13.0. The summed E-state index contributed by atoms with van der Waals surface area (Å²) in [6, 6.07) is 8.00. The number of carbonyl (C=O) groups is 1. The highest BCUT2D eigenvalue weighted by Gasteiger charge is 2.45. The van der Waals surface area contributed by atoms with Crippen LogP contribution in [0, 0.1) is 13.8 Å². The molecule has 0 saturated heterocycles. The molecule has 0 radical (unpaired) electrons. The minimum Gasteiger partial charge on any atom is -0.460 e. The van der Waals surface area contributed by atoms with Crippen molar-refractivity contribution >= 4 is 28.6 Å². The summed E-state index contributed by atoms with van der Waals surface area (Å²) < 4.78 is 5.77. The Bertz CT molecular complexity index is 688. The van der Waals surface area contributed by atoms with Crippen LogP contribution in [0.1, 0.15) is 45.2 Å². The summed E-state index contributed by atoms with van der Waals surface area (Å²) >= 11 is 2.88. The van der Waals surface area contributed by atoms with Crippen molar-refractivity contribution in [1.29, 1.82) is 0 Å². The zero-order valence-electron chi connectivity index (χ0n) is 14.9. The van der Waals surface area contributed by atoms with E-state index in [-0.39, 0.29) is 6.10 Å². The van der Waals surface area contributed by atoms with Crippen molar-refractivity contribution in [3.05, 3.63) is 43.8 Å². The van der Waals surface area contributed by atoms with Crippen LogP contribution in [0.3, 0.4) is 0 Å². The first-order chi connectivity index (χ1) is 11.9. The van der Waals surface area contributed by atoms with Gasteiger partial charge < -0.3 is 15.2 Å². The van der Waals surface area contributed by atoms with Crippen LogP contribution in [0.15, 0.2) is 24.3 Å². The van der Waals surface area contributed by atoms with E-state index in [9.17, 15) is 9.90 Å². The van der Waals surface area contributed by atoms with Gasteiger partial charge in [-0.1, -0.05) is 0 Å². The number of hydrogen-bond acceptors (Lipinski definition) is 6. The third-order valence-electron chi connectivity index (χ3n) is 4.85. The SMILES string of the molecule is CNC1CCC(OC(=O)C(O)(c2ccc(C)s2)c2ccc(C)s2)CC1. The van der Waals surface area contributed by atoms with Crippen LogP contribution >= 0.6 is 22.7 Å². The predicted octanol–water partition coefficient (Wildman–Crippen LogP) is 3.74. The molecule has 3 rings (SSSR count). The van der Waals surface area contributed by atoms with Gasteiger partial charge in [0.2, 0.25) is 5.60 Å². The molecule has 1 aliphatic carbocycles. The number of aliphatic hydroxyl groups is 1. The molecule has 0 atom stereocenters. The fourth-order valence-corrected chi connectivity index (χ4v) is 5.27. The number of esters is 1. The van der Waals surface area contributed by atoms with Crippen molar-refractivity contribution in [2.75, 3.05) is 7.05 Å². The summed E-state index contributed by atoms with van der Waals surface area (Å²) in [4.78, 5) is 16.4. The zero-order chi connectivity index (χ0) is 18.0. The Morgan fingerprint density at radius 3 is 2.00 bits per heavy atom. The molecule has 25 heavy (non-hydrogen) atoms. The molecule has 0 spiro atoms. The Hall–Kier alpha value is -1.21. The maximum absolute atomic E-state index is 13.0. The molecule has 2 heterocycles. The summed E-state index contributed by atoms with van der Waals surface area (Å²) in [5.41, 5.74) is -1.71. The van der Waals surface area contributed by atoms with Crippen LogP contribution in [0.25, 0.3) is 0 Å². The fourth-order valence-electron chi connectivity index (χ4n) is 3.29. The Labute approximate surface area is 156 Å². The third kappa shape index (κ3) is 3.82. The highest BCUT2D eigenvalue weighted by atomic mass is 32.1. The first kappa shape index (κ1) is 18.6. The Morgan fingerprint density at radius 1 is 1.08 bits per heavy atom. The lowest BCUT2D eigenvalue weighted by Gasteiger charge is -2.31. The minimum absolute atomic E-state index is 0.120. The second kappa shape index (κ2) is 7.58. The van der Waals surface area contributed by atoms with E-state index < -0.39 is 11.6 Å². The molecule has 2 N–H and O–H groups in total. The van der Waals surface area contributed by atoms with Gasteiger partial charge >= 0.3 is 5.97 Å². The molecule has 1 aliphatic rings. The molecule has 0 amide bonds. The average molecular weight is 380 g/mol. The average Bonchev–Trinajstić information content (AvgIpc) is 3.23. The molecule has 2 aromatic heterocycles. The lowest BCUT2D eigenvalue weighted by atomic mass is 9.92. The van der Waals surface area contributed by atoms with Crippen molar-refractivity contribution in [1.82, 2.24) is 5.32 Å². The normalized spacial score (nSPS) is 21.3. The topological polar surface area (TPSA) is 58.6 Å². The fraction of sp³-hybridized carbons (Fsp3) is 0.526. The van der Waals surface area contributed by atoms with Gasteiger partial charge in [0.25, 0.3) is 0 Å². The largest absolute Gasteiger partial charge is 0.460 e. The highest BCUT2D eigenvalue weighted by Crippen LogP contribution is 2.39. The standard InChI is InChI=1S/C19H25NO3S2/c1-12-4-10-16(24-12)19(22,17-11-5-13(2)25-17)18(21)23-15-8-6-14(20-3)7-9-15/h4-5,10-11,14-15,20,22H,6-9H2,1-3H3. The van der Waals surface area contributed by atoms with Crippen LogP contribution in [0.4, 0.5) is 0 Å². The van der Waals surface area contributed by atoms with E-state index in [1.807, 2.05) is 45.2 Å². The van der Waals surface area contributed by atoms with Gasteiger partial charge in [0.1, 0.15) is 6.10 Å². The first-order valence-corrected chi connectivity index (χ1v) is 10.3. The van der Waals surface area contributed by atoms with Gasteiger partial charge in [-0.25, -0.2) is 4.79 Å². The van der Waals surface area contributed by atoms with Crippen molar-refractivity contribution in [2.45, 2.75) is 57.3 Å². The summed E-state index contributed by atoms with van der Waals surface area (Å²) in [7, 11) is 1.97. The van der Waals surface area contributed by atoms with Gasteiger partial charge in [-0.2, -0.15) is 0 Å². The molecule has 0 aromatic carbocycles. The van der Waals surface area contributed by atoms with Gasteiger partial charge in [0, 0.05) is 15.8 Å². The summed E-state index contributed by atoms with van der Waals surface area (Å²) in [5.74, 6) is -0.552. The molecular weight excluding hydrogens is 354 g/mol. The maximum Gasteiger partial charge on any atom is 0.349 e. The van der Waals surface area contributed by atoms with E-state index in [4.69, 9.17) is 4.74 Å². The van der Waals surface area contributed by atoms with Crippen LogP contribution in [-0.2, 0) is 15.1 Å². The van der Waals surface area contributed by atoms with E-state index in [0.29, 0.717) is 15.8 Å². The van der Waals surface area contributed by atoms with Crippen molar-refractivity contribution in [3.8, 4) is 0 Å². The molecule has 6 heteroatoms. The molecule has 1 fully saturated rings. The van der Waals surface area contributed by atoms with Gasteiger partial charge in [-0.3, -0.25) is 0 Å². The second-order valence-corrected chi connectivity index (χ2v) is 9.27. The predicted molar refractivity (Wildman–Crippen MR) is 102 cm³/mol. The molecule has 2 aromatic rings. The van der Waals surface area contributed by atoms with Crippen molar-refractivity contribution in [2.24, 2.45) is 0 Å². The number of nitrogens with one attached hydrogen (secondary N) is 1. The quantitative estimate of drug-likeness (QED) is 0.777. The third-order valence-corrected chi connectivity index (χ3v) is 7.06. The van der Waals surface area contributed by atoms with E-state index in [0.717, 1.165) is 35.4 Å². The monoisotopic (exact) mass is 379 g/mol. The lowest BCUT2D eigenvalue weighted by Crippen LogP contribution is -2.41. The van der Waals surface area contributed by atoms with E-state index in [2.05, 4.69) is 5.32 Å². The minimum atomic E-state index is -1.71. The zero-order valence-corrected chi connectivity index (χ0v) is 16.5. The molecule has 136 valence electrons. The number of carbonyl (C=O) groups excluding carboxylic acids is 1. The summed E-state index contributed by atoms with van der Waals surface area (Å²) in [6.07, 6.45) is 3.53. The van der Waals surface area contributed by atoms with Gasteiger partial charge in [0.05, 0.1) is 9.75 Å². The number of thiophene rings is 2. The highest BCUT2D eigenvalue weighted by molar-refractivity contribution is 7.14. The van der Waals surface area contributed by atoms with Crippen molar-refractivity contribution in [3.63, 3.8) is 0 Å². The van der Waals surface area contributed by atoms with Crippen LogP contribution < -0.4 is 5.32 Å². The number of hydrogen-bond donors (Lipinski definition) is 2. The molecule has 0 aliphatic heterocycles. The molecule has 1 saturated carbocycles. The molecule has 0 bridgehead atoms. The van der Waals surface area contributed by atoms with Gasteiger partial charge in [-0.15, -0.1) is 22.7 Å². The lowest BCUT2D eigenvalue weighted by molar-refractivity contribution is -0.169. The number of ether oxygens (including phenoxy) is 1. The van der Waals surface area contributed by atoms with E-state index in [1.54, 1.807) is 0 Å². The second-order valence-electron chi connectivity index (χ2n) is 6.70. The van der Waals surface area contributed by atoms with Crippen LogP contribution in [0.5, 0.6) is 0 Å². The molecule has 4 nitrogen and oxygen atoms in total. The number of aryl methyl sites for hydroxylation is 2. The molecular formula is C19H25NO3S2. The van der Waals surface area contributed by atoms with Crippen molar-refractivity contribution < 1.29 is 14.6 Å². The van der Waals surface area contributed by atoms with E-state index >= 15 is 0 Å². The first-order valence-electron chi connectivity index (χ1n) is 8.68. The smallest absolute Gasteiger partial charge is 0.349 e.